The minimum absolute atomic E-state index is 0.0549. The summed E-state index contributed by atoms with van der Waals surface area (Å²) in [5, 5.41) is 2.95. The van der Waals surface area contributed by atoms with Crippen LogP contribution in [-0.4, -0.2) is 19.1 Å². The van der Waals surface area contributed by atoms with Gasteiger partial charge < -0.3 is 10.1 Å². The maximum absolute atomic E-state index is 11.8. The number of hydrogen-bond donors (Lipinski definition) is 1. The monoisotopic (exact) mass is 341 g/mol. The van der Waals surface area contributed by atoms with Crippen LogP contribution in [-0.2, 0) is 4.79 Å². The zero-order valence-electron chi connectivity index (χ0n) is 12.7. The Hall–Kier alpha value is -1.03. The zero-order chi connectivity index (χ0) is 15.1. The van der Waals surface area contributed by atoms with E-state index in [0.29, 0.717) is 30.0 Å². The van der Waals surface area contributed by atoms with Crippen molar-refractivity contribution in [1.29, 1.82) is 0 Å². The molecule has 0 bridgehead atoms. The van der Waals surface area contributed by atoms with Gasteiger partial charge in [-0.1, -0.05) is 49.7 Å². The number of nitrogens with one attached hydrogen (secondary N) is 1. The molecule has 1 amide bonds. The van der Waals surface area contributed by atoms with Crippen molar-refractivity contribution in [3.63, 3.8) is 0 Å². The quantitative estimate of drug-likeness (QED) is 0.817. The van der Waals surface area contributed by atoms with Crippen molar-refractivity contribution < 1.29 is 9.53 Å². The second-order valence-corrected chi connectivity index (χ2v) is 6.62. The first-order chi connectivity index (χ1) is 9.40. The van der Waals surface area contributed by atoms with Crippen LogP contribution in [0.2, 0.25) is 0 Å². The molecular weight excluding hydrogens is 318 g/mol. The van der Waals surface area contributed by atoms with Gasteiger partial charge in [-0.15, -0.1) is 0 Å². The highest BCUT2D eigenvalue weighted by Gasteiger charge is 2.18. The van der Waals surface area contributed by atoms with Gasteiger partial charge in [0.15, 0.2) is 6.61 Å². The van der Waals surface area contributed by atoms with Crippen molar-refractivity contribution in [2.45, 2.75) is 27.7 Å². The standard InChI is InChI=1S/C16H24BrNO2/c1-11(2)15(12(3)4)9-18-16(19)10-20-14-7-5-6-13(17)8-14/h5-8,11-12,15H,9-10H2,1-4H3,(H,18,19). The number of rotatable bonds is 7. The van der Waals surface area contributed by atoms with Crippen LogP contribution in [0.15, 0.2) is 28.7 Å². The molecule has 0 unspecified atom stereocenters. The van der Waals surface area contributed by atoms with Crippen LogP contribution in [0.3, 0.4) is 0 Å². The van der Waals surface area contributed by atoms with Gasteiger partial charge >= 0.3 is 0 Å². The molecule has 0 aromatic heterocycles. The second-order valence-electron chi connectivity index (χ2n) is 5.70. The van der Waals surface area contributed by atoms with Gasteiger partial charge in [0, 0.05) is 11.0 Å². The van der Waals surface area contributed by atoms with E-state index in [1.165, 1.54) is 0 Å². The number of benzene rings is 1. The molecule has 0 heterocycles. The molecule has 3 nitrogen and oxygen atoms in total. The van der Waals surface area contributed by atoms with Crippen LogP contribution in [0.4, 0.5) is 0 Å². The fourth-order valence-corrected chi connectivity index (χ4v) is 2.61. The molecule has 0 aliphatic heterocycles. The fraction of sp³-hybridized carbons (Fsp3) is 0.562. The Morgan fingerprint density at radius 3 is 2.45 bits per heavy atom. The van der Waals surface area contributed by atoms with E-state index in [0.717, 1.165) is 4.47 Å². The summed E-state index contributed by atoms with van der Waals surface area (Å²) >= 11 is 3.37. The predicted molar refractivity (Wildman–Crippen MR) is 85.8 cm³/mol. The molecule has 20 heavy (non-hydrogen) atoms. The van der Waals surface area contributed by atoms with Crippen LogP contribution in [0, 0.1) is 17.8 Å². The minimum atomic E-state index is -0.0729. The molecule has 0 radical (unpaired) electrons. The summed E-state index contributed by atoms with van der Waals surface area (Å²) in [5.74, 6) is 2.22. The molecule has 1 rings (SSSR count). The largest absolute Gasteiger partial charge is 0.484 e. The fourth-order valence-electron chi connectivity index (χ4n) is 2.23. The van der Waals surface area contributed by atoms with E-state index in [1.807, 2.05) is 24.3 Å². The van der Waals surface area contributed by atoms with Gasteiger partial charge in [0.1, 0.15) is 5.75 Å². The van der Waals surface area contributed by atoms with Crippen LogP contribution in [0.5, 0.6) is 5.75 Å². The molecule has 1 aromatic carbocycles. The Morgan fingerprint density at radius 1 is 1.25 bits per heavy atom. The van der Waals surface area contributed by atoms with Crippen molar-refractivity contribution in [3.05, 3.63) is 28.7 Å². The van der Waals surface area contributed by atoms with Crippen molar-refractivity contribution >= 4 is 21.8 Å². The Balaban J connectivity index is 2.37. The van der Waals surface area contributed by atoms with Gasteiger partial charge in [-0.2, -0.15) is 0 Å². The summed E-state index contributed by atoms with van der Waals surface area (Å²) in [6, 6.07) is 7.48. The number of ether oxygens (including phenoxy) is 1. The van der Waals surface area contributed by atoms with Gasteiger partial charge in [-0.3, -0.25) is 4.79 Å². The molecule has 1 N–H and O–H groups in total. The minimum Gasteiger partial charge on any atom is -0.484 e. The first-order valence-electron chi connectivity index (χ1n) is 7.05. The first-order valence-corrected chi connectivity index (χ1v) is 7.84. The second kappa shape index (κ2) is 8.30. The Morgan fingerprint density at radius 2 is 1.90 bits per heavy atom. The maximum atomic E-state index is 11.8. The van der Waals surface area contributed by atoms with Gasteiger partial charge in [-0.05, 0) is 36.0 Å². The summed E-state index contributed by atoms with van der Waals surface area (Å²) in [6.45, 7) is 9.52. The third-order valence-corrected chi connectivity index (χ3v) is 3.91. The van der Waals surface area contributed by atoms with Crippen LogP contribution in [0.25, 0.3) is 0 Å². The third kappa shape index (κ3) is 5.95. The number of halogens is 1. The van der Waals surface area contributed by atoms with Crippen molar-refractivity contribution in [2.75, 3.05) is 13.2 Å². The summed E-state index contributed by atoms with van der Waals surface area (Å²) in [5.41, 5.74) is 0. The predicted octanol–water partition coefficient (Wildman–Crippen LogP) is 3.87. The molecule has 0 fully saturated rings. The van der Waals surface area contributed by atoms with Crippen molar-refractivity contribution in [1.82, 2.24) is 5.32 Å². The van der Waals surface area contributed by atoms with Crippen LogP contribution < -0.4 is 10.1 Å². The lowest BCUT2D eigenvalue weighted by Crippen LogP contribution is -2.36. The topological polar surface area (TPSA) is 38.3 Å². The van der Waals surface area contributed by atoms with Gasteiger partial charge in [0.2, 0.25) is 0 Å². The molecular formula is C16H24BrNO2. The molecule has 0 aliphatic carbocycles. The number of carbonyl (C=O) groups is 1. The summed E-state index contributed by atoms with van der Waals surface area (Å²) < 4.78 is 6.40. The van der Waals surface area contributed by atoms with Crippen LogP contribution >= 0.6 is 15.9 Å². The SMILES string of the molecule is CC(C)C(CNC(=O)COc1cccc(Br)c1)C(C)C. The van der Waals surface area contributed by atoms with E-state index < -0.39 is 0 Å². The summed E-state index contributed by atoms with van der Waals surface area (Å²) in [7, 11) is 0. The van der Waals surface area contributed by atoms with E-state index in [1.54, 1.807) is 0 Å². The zero-order valence-corrected chi connectivity index (χ0v) is 14.2. The highest BCUT2D eigenvalue weighted by atomic mass is 79.9. The van der Waals surface area contributed by atoms with E-state index >= 15 is 0 Å². The molecule has 0 aliphatic rings. The van der Waals surface area contributed by atoms with Gasteiger partial charge in [-0.25, -0.2) is 0 Å². The average molecular weight is 342 g/mol. The molecule has 112 valence electrons. The summed E-state index contributed by atoms with van der Waals surface area (Å²) in [4.78, 5) is 11.8. The molecule has 0 spiro atoms. The van der Waals surface area contributed by atoms with E-state index in [2.05, 4.69) is 48.9 Å². The van der Waals surface area contributed by atoms with Crippen molar-refractivity contribution in [3.8, 4) is 5.75 Å². The molecule has 0 saturated carbocycles. The van der Waals surface area contributed by atoms with E-state index in [4.69, 9.17) is 4.74 Å². The number of hydrogen-bond acceptors (Lipinski definition) is 2. The lowest BCUT2D eigenvalue weighted by atomic mass is 9.85. The lowest BCUT2D eigenvalue weighted by Gasteiger charge is -2.25. The van der Waals surface area contributed by atoms with E-state index in [-0.39, 0.29) is 12.5 Å². The first kappa shape index (κ1) is 17.0. The van der Waals surface area contributed by atoms with Crippen LogP contribution in [0.1, 0.15) is 27.7 Å². The van der Waals surface area contributed by atoms with Gasteiger partial charge in [0.05, 0.1) is 0 Å². The molecule has 1 aromatic rings. The number of amides is 1. The highest BCUT2D eigenvalue weighted by Crippen LogP contribution is 2.19. The summed E-state index contributed by atoms with van der Waals surface area (Å²) in [6.07, 6.45) is 0. The Bertz CT molecular complexity index is 424. The average Bonchev–Trinajstić information content (AvgIpc) is 2.35. The normalized spacial score (nSPS) is 11.2. The lowest BCUT2D eigenvalue weighted by molar-refractivity contribution is -0.123. The third-order valence-electron chi connectivity index (χ3n) is 3.41. The Kier molecular flexibility index (Phi) is 7.06. The smallest absolute Gasteiger partial charge is 0.257 e. The molecule has 0 saturated heterocycles. The Labute approximate surface area is 130 Å². The van der Waals surface area contributed by atoms with Crippen molar-refractivity contribution in [2.24, 2.45) is 17.8 Å². The molecule has 4 heteroatoms. The van der Waals surface area contributed by atoms with Gasteiger partial charge in [0.25, 0.3) is 5.91 Å². The molecule has 0 atom stereocenters. The highest BCUT2D eigenvalue weighted by molar-refractivity contribution is 9.10. The maximum Gasteiger partial charge on any atom is 0.257 e. The van der Waals surface area contributed by atoms with E-state index in [9.17, 15) is 4.79 Å². The number of carbonyl (C=O) groups excluding carboxylic acids is 1.